The van der Waals surface area contributed by atoms with Crippen molar-refractivity contribution >= 4 is 0 Å². The summed E-state index contributed by atoms with van der Waals surface area (Å²) in [5.74, 6) is 0.664. The average molecular weight is 333 g/mol. The fraction of sp³-hybridized carbons (Fsp3) is 0.238. The number of hydrogen-bond acceptors (Lipinski definition) is 3. The molecule has 0 spiro atoms. The van der Waals surface area contributed by atoms with Gasteiger partial charge >= 0.3 is 0 Å². The Balaban J connectivity index is 1.87. The number of benzene rings is 2. The van der Waals surface area contributed by atoms with Crippen LogP contribution >= 0.6 is 0 Å². The van der Waals surface area contributed by atoms with Gasteiger partial charge in [0.25, 0.3) is 5.56 Å². The standard InChI is InChI=1S/C21H23N3O/c1-3-18-13-20(25)24-19(23-18)14-22-21(16-7-5-4-6-8-16)17-11-9-15(2)10-12-17/h4-13,21-22H,3,14H2,1-2H3,(H,23,24,25)/t21-/m0/s1. The molecule has 0 aliphatic heterocycles. The maximum absolute atomic E-state index is 11.8. The van der Waals surface area contributed by atoms with Gasteiger partial charge in [-0.1, -0.05) is 67.1 Å². The van der Waals surface area contributed by atoms with Crippen LogP contribution in [0.1, 0.15) is 41.2 Å². The largest absolute Gasteiger partial charge is 0.309 e. The van der Waals surface area contributed by atoms with Crippen LogP contribution in [0.5, 0.6) is 0 Å². The summed E-state index contributed by atoms with van der Waals surface area (Å²) in [7, 11) is 0. The first-order valence-corrected chi connectivity index (χ1v) is 8.59. The SMILES string of the molecule is CCc1cc(=O)[nH]c(CN[C@@H](c2ccccc2)c2ccc(C)cc2)n1. The highest BCUT2D eigenvalue weighted by Gasteiger charge is 2.14. The minimum atomic E-state index is -0.102. The normalized spacial score (nSPS) is 12.1. The molecule has 25 heavy (non-hydrogen) atoms. The van der Waals surface area contributed by atoms with E-state index in [9.17, 15) is 4.79 Å². The van der Waals surface area contributed by atoms with Gasteiger partial charge in [0, 0.05) is 11.8 Å². The van der Waals surface area contributed by atoms with Crippen molar-refractivity contribution in [1.29, 1.82) is 0 Å². The van der Waals surface area contributed by atoms with Gasteiger partial charge in [-0.25, -0.2) is 4.98 Å². The topological polar surface area (TPSA) is 57.8 Å². The van der Waals surface area contributed by atoms with E-state index in [2.05, 4.69) is 58.6 Å². The first-order chi connectivity index (χ1) is 12.2. The molecule has 2 aromatic carbocycles. The molecule has 0 unspecified atom stereocenters. The van der Waals surface area contributed by atoms with E-state index in [4.69, 9.17) is 0 Å². The quantitative estimate of drug-likeness (QED) is 0.726. The van der Waals surface area contributed by atoms with Crippen LogP contribution in [-0.2, 0) is 13.0 Å². The predicted molar refractivity (Wildman–Crippen MR) is 101 cm³/mol. The summed E-state index contributed by atoms with van der Waals surface area (Å²) < 4.78 is 0. The first-order valence-electron chi connectivity index (χ1n) is 8.59. The fourth-order valence-corrected chi connectivity index (χ4v) is 2.86. The molecule has 0 amide bonds. The van der Waals surface area contributed by atoms with E-state index in [1.165, 1.54) is 16.7 Å². The van der Waals surface area contributed by atoms with Crippen molar-refractivity contribution in [3.63, 3.8) is 0 Å². The van der Waals surface area contributed by atoms with Crippen molar-refractivity contribution < 1.29 is 0 Å². The predicted octanol–water partition coefficient (Wildman–Crippen LogP) is 3.52. The number of aromatic nitrogens is 2. The number of aromatic amines is 1. The van der Waals surface area contributed by atoms with Crippen LogP contribution in [0.2, 0.25) is 0 Å². The molecule has 1 atom stereocenters. The lowest BCUT2D eigenvalue weighted by atomic mass is 9.98. The Labute approximate surface area is 148 Å². The van der Waals surface area contributed by atoms with Crippen molar-refractivity contribution in [2.45, 2.75) is 32.9 Å². The van der Waals surface area contributed by atoms with Crippen LogP contribution in [0.4, 0.5) is 0 Å². The fourth-order valence-electron chi connectivity index (χ4n) is 2.86. The van der Waals surface area contributed by atoms with Crippen LogP contribution in [0.15, 0.2) is 65.5 Å². The number of rotatable bonds is 6. The molecule has 3 aromatic rings. The van der Waals surface area contributed by atoms with E-state index in [0.717, 1.165) is 12.1 Å². The Morgan fingerprint density at radius 2 is 1.72 bits per heavy atom. The molecule has 0 saturated carbocycles. The number of nitrogens with zero attached hydrogens (tertiary/aromatic N) is 1. The molecule has 0 bridgehead atoms. The summed E-state index contributed by atoms with van der Waals surface area (Å²) in [6.45, 7) is 4.58. The molecule has 0 fully saturated rings. The molecule has 128 valence electrons. The van der Waals surface area contributed by atoms with E-state index in [1.54, 1.807) is 6.07 Å². The zero-order chi connectivity index (χ0) is 17.6. The molecule has 0 saturated heterocycles. The summed E-state index contributed by atoms with van der Waals surface area (Å²) >= 11 is 0. The minimum absolute atomic E-state index is 0.0392. The number of nitrogens with one attached hydrogen (secondary N) is 2. The third kappa shape index (κ3) is 4.43. The van der Waals surface area contributed by atoms with Gasteiger partial charge in [-0.15, -0.1) is 0 Å². The second kappa shape index (κ2) is 7.90. The molecular formula is C21H23N3O. The second-order valence-corrected chi connectivity index (χ2v) is 6.17. The third-order valence-corrected chi connectivity index (χ3v) is 4.22. The number of aryl methyl sites for hydroxylation is 2. The molecule has 3 rings (SSSR count). The molecule has 0 aliphatic carbocycles. The Bertz CT molecular complexity index is 870. The van der Waals surface area contributed by atoms with E-state index in [1.807, 2.05) is 25.1 Å². The second-order valence-electron chi connectivity index (χ2n) is 6.17. The maximum Gasteiger partial charge on any atom is 0.251 e. The lowest BCUT2D eigenvalue weighted by Crippen LogP contribution is -2.25. The van der Waals surface area contributed by atoms with Gasteiger partial charge < -0.3 is 4.98 Å². The molecule has 4 heteroatoms. The van der Waals surface area contributed by atoms with Crippen molar-refractivity contribution in [2.24, 2.45) is 0 Å². The zero-order valence-corrected chi connectivity index (χ0v) is 14.6. The van der Waals surface area contributed by atoms with E-state index in [0.29, 0.717) is 12.4 Å². The Kier molecular flexibility index (Phi) is 5.41. The highest BCUT2D eigenvalue weighted by atomic mass is 16.1. The molecule has 1 aromatic heterocycles. The van der Waals surface area contributed by atoms with Crippen molar-refractivity contribution in [2.75, 3.05) is 0 Å². The Morgan fingerprint density at radius 1 is 1.04 bits per heavy atom. The van der Waals surface area contributed by atoms with Crippen LogP contribution in [0, 0.1) is 6.92 Å². The lowest BCUT2D eigenvalue weighted by Gasteiger charge is -2.20. The first kappa shape index (κ1) is 17.1. The summed E-state index contributed by atoms with van der Waals surface area (Å²) in [6.07, 6.45) is 0.747. The van der Waals surface area contributed by atoms with Gasteiger partial charge in [0.05, 0.1) is 12.6 Å². The number of hydrogen-bond donors (Lipinski definition) is 2. The Hall–Kier alpha value is -2.72. The smallest absolute Gasteiger partial charge is 0.251 e. The van der Waals surface area contributed by atoms with Crippen LogP contribution < -0.4 is 10.9 Å². The summed E-state index contributed by atoms with van der Waals surface area (Å²) in [6, 6.07) is 20.4. The van der Waals surface area contributed by atoms with Gasteiger partial charge in [-0.3, -0.25) is 10.1 Å². The summed E-state index contributed by atoms with van der Waals surface area (Å²) in [5, 5.41) is 3.53. The van der Waals surface area contributed by atoms with Crippen molar-refractivity contribution in [1.82, 2.24) is 15.3 Å². The zero-order valence-electron chi connectivity index (χ0n) is 14.6. The summed E-state index contributed by atoms with van der Waals surface area (Å²) in [5.41, 5.74) is 4.31. The molecule has 0 aliphatic rings. The van der Waals surface area contributed by atoms with E-state index in [-0.39, 0.29) is 11.6 Å². The average Bonchev–Trinajstić information content (AvgIpc) is 2.64. The van der Waals surface area contributed by atoms with E-state index < -0.39 is 0 Å². The van der Waals surface area contributed by atoms with Gasteiger partial charge in [-0.05, 0) is 24.5 Å². The minimum Gasteiger partial charge on any atom is -0.309 e. The molecule has 2 N–H and O–H groups in total. The monoisotopic (exact) mass is 333 g/mol. The van der Waals surface area contributed by atoms with Crippen LogP contribution in [0.3, 0.4) is 0 Å². The highest BCUT2D eigenvalue weighted by molar-refractivity contribution is 5.33. The van der Waals surface area contributed by atoms with Crippen LogP contribution in [-0.4, -0.2) is 9.97 Å². The molecule has 0 radical (unpaired) electrons. The van der Waals surface area contributed by atoms with Crippen molar-refractivity contribution in [3.8, 4) is 0 Å². The van der Waals surface area contributed by atoms with Crippen molar-refractivity contribution in [3.05, 3.63) is 99.2 Å². The molecule has 1 heterocycles. The van der Waals surface area contributed by atoms with Gasteiger partial charge in [0.15, 0.2) is 0 Å². The third-order valence-electron chi connectivity index (χ3n) is 4.22. The highest BCUT2D eigenvalue weighted by Crippen LogP contribution is 2.22. The van der Waals surface area contributed by atoms with Gasteiger partial charge in [0.1, 0.15) is 5.82 Å². The van der Waals surface area contributed by atoms with Gasteiger partial charge in [0.2, 0.25) is 0 Å². The van der Waals surface area contributed by atoms with E-state index >= 15 is 0 Å². The van der Waals surface area contributed by atoms with Gasteiger partial charge in [-0.2, -0.15) is 0 Å². The number of H-pyrrole nitrogens is 1. The molecule has 4 nitrogen and oxygen atoms in total. The lowest BCUT2D eigenvalue weighted by molar-refractivity contribution is 0.583. The Morgan fingerprint density at radius 3 is 2.40 bits per heavy atom. The maximum atomic E-state index is 11.8. The summed E-state index contributed by atoms with van der Waals surface area (Å²) in [4.78, 5) is 19.1. The molecular weight excluding hydrogens is 310 g/mol. The van der Waals surface area contributed by atoms with Crippen LogP contribution in [0.25, 0.3) is 0 Å².